The predicted molar refractivity (Wildman–Crippen MR) is 66.1 cm³/mol. The lowest BCUT2D eigenvalue weighted by Crippen LogP contribution is -2.05. The van der Waals surface area contributed by atoms with Crippen LogP contribution in [-0.4, -0.2) is 29.9 Å². The number of hydrogen-bond acceptors (Lipinski definition) is 4. The van der Waals surface area contributed by atoms with Crippen molar-refractivity contribution in [1.82, 2.24) is 4.98 Å². The van der Waals surface area contributed by atoms with Gasteiger partial charge in [-0.3, -0.25) is 4.98 Å². The van der Waals surface area contributed by atoms with E-state index in [4.69, 9.17) is 9.47 Å². The summed E-state index contributed by atoms with van der Waals surface area (Å²) in [6.45, 7) is 5.88. The lowest BCUT2D eigenvalue weighted by atomic mass is 10.1. The van der Waals surface area contributed by atoms with Crippen molar-refractivity contribution >= 4 is 0 Å². The first-order valence-corrected chi connectivity index (χ1v) is 6.11. The Balaban J connectivity index is 2.44. The summed E-state index contributed by atoms with van der Waals surface area (Å²) in [5.74, 6) is 0.693. The van der Waals surface area contributed by atoms with Crippen molar-refractivity contribution in [3.63, 3.8) is 0 Å². The molecule has 1 atom stereocenters. The van der Waals surface area contributed by atoms with Crippen molar-refractivity contribution in [3.05, 3.63) is 24.0 Å². The topological polar surface area (TPSA) is 51.6 Å². The van der Waals surface area contributed by atoms with Crippen molar-refractivity contribution in [1.29, 1.82) is 0 Å². The van der Waals surface area contributed by atoms with Gasteiger partial charge in [-0.15, -0.1) is 0 Å². The molecule has 1 aromatic heterocycles. The Morgan fingerprint density at radius 3 is 2.82 bits per heavy atom. The van der Waals surface area contributed by atoms with E-state index >= 15 is 0 Å². The highest BCUT2D eigenvalue weighted by atomic mass is 16.5. The number of hydrogen-bond donors (Lipinski definition) is 1. The molecule has 1 heterocycles. The van der Waals surface area contributed by atoms with Crippen LogP contribution < -0.4 is 4.74 Å². The number of aromatic nitrogens is 1. The van der Waals surface area contributed by atoms with Crippen LogP contribution in [0.1, 0.15) is 38.4 Å². The maximum Gasteiger partial charge on any atom is 0.137 e. The number of aliphatic hydroxyl groups excluding tert-OH is 1. The van der Waals surface area contributed by atoms with Gasteiger partial charge < -0.3 is 14.6 Å². The van der Waals surface area contributed by atoms with E-state index in [9.17, 15) is 5.11 Å². The highest BCUT2D eigenvalue weighted by Crippen LogP contribution is 2.20. The molecule has 0 fully saturated rings. The second-order valence-electron chi connectivity index (χ2n) is 3.80. The van der Waals surface area contributed by atoms with Crippen molar-refractivity contribution < 1.29 is 14.6 Å². The zero-order valence-electron chi connectivity index (χ0n) is 10.6. The molecular formula is C13H21NO3. The molecule has 0 bridgehead atoms. The average Bonchev–Trinajstić information content (AvgIpc) is 2.35. The maximum absolute atomic E-state index is 9.94. The van der Waals surface area contributed by atoms with E-state index in [2.05, 4.69) is 11.9 Å². The van der Waals surface area contributed by atoms with E-state index in [0.717, 1.165) is 18.6 Å². The van der Waals surface area contributed by atoms with Gasteiger partial charge in [0.15, 0.2) is 0 Å². The van der Waals surface area contributed by atoms with Gasteiger partial charge in [-0.1, -0.05) is 6.92 Å². The quantitative estimate of drug-likeness (QED) is 0.707. The highest BCUT2D eigenvalue weighted by Gasteiger charge is 2.08. The van der Waals surface area contributed by atoms with Crippen LogP contribution in [0.4, 0.5) is 0 Å². The molecule has 4 nitrogen and oxygen atoms in total. The minimum Gasteiger partial charge on any atom is -0.492 e. The van der Waals surface area contributed by atoms with Gasteiger partial charge in [0.25, 0.3) is 0 Å². The number of rotatable bonds is 8. The summed E-state index contributed by atoms with van der Waals surface area (Å²) in [5.41, 5.74) is 0.774. The summed E-state index contributed by atoms with van der Waals surface area (Å²) >= 11 is 0. The lowest BCUT2D eigenvalue weighted by molar-refractivity contribution is 0.0819. The molecule has 0 saturated carbocycles. The molecule has 1 aromatic rings. The van der Waals surface area contributed by atoms with E-state index in [1.54, 1.807) is 12.4 Å². The largest absolute Gasteiger partial charge is 0.492 e. The number of aliphatic hydroxyl groups is 1. The summed E-state index contributed by atoms with van der Waals surface area (Å²) in [4.78, 5) is 4.04. The van der Waals surface area contributed by atoms with Crippen LogP contribution in [0.15, 0.2) is 18.5 Å². The Kier molecular flexibility index (Phi) is 6.58. The average molecular weight is 239 g/mol. The van der Waals surface area contributed by atoms with Gasteiger partial charge in [-0.05, 0) is 19.4 Å². The van der Waals surface area contributed by atoms with Crippen LogP contribution in [0.5, 0.6) is 5.75 Å². The third kappa shape index (κ3) is 5.15. The van der Waals surface area contributed by atoms with Crippen LogP contribution in [0, 0.1) is 0 Å². The first-order chi connectivity index (χ1) is 8.27. The van der Waals surface area contributed by atoms with Crippen molar-refractivity contribution in [3.8, 4) is 5.75 Å². The summed E-state index contributed by atoms with van der Waals surface area (Å²) < 4.78 is 10.7. The maximum atomic E-state index is 9.94. The zero-order chi connectivity index (χ0) is 12.5. The second-order valence-corrected chi connectivity index (χ2v) is 3.80. The molecule has 0 saturated heterocycles. The Morgan fingerprint density at radius 1 is 1.29 bits per heavy atom. The molecule has 0 aliphatic rings. The van der Waals surface area contributed by atoms with Crippen molar-refractivity contribution in [2.45, 2.75) is 32.8 Å². The van der Waals surface area contributed by atoms with E-state index in [1.807, 2.05) is 13.0 Å². The summed E-state index contributed by atoms with van der Waals surface area (Å²) in [6.07, 6.45) is 4.34. The first-order valence-electron chi connectivity index (χ1n) is 6.11. The van der Waals surface area contributed by atoms with Crippen LogP contribution in [0.25, 0.3) is 0 Å². The molecule has 0 radical (unpaired) electrons. The molecule has 4 heteroatoms. The van der Waals surface area contributed by atoms with Gasteiger partial charge in [0, 0.05) is 31.4 Å². The molecule has 96 valence electrons. The SMILES string of the molecule is CCCOCCC(O)c1cncc(OCC)c1. The Morgan fingerprint density at radius 2 is 2.12 bits per heavy atom. The Hall–Kier alpha value is -1.13. The van der Waals surface area contributed by atoms with E-state index < -0.39 is 6.10 Å². The van der Waals surface area contributed by atoms with Gasteiger partial charge in [0.05, 0.1) is 18.9 Å². The summed E-state index contributed by atoms with van der Waals surface area (Å²) in [5, 5.41) is 9.94. The smallest absolute Gasteiger partial charge is 0.137 e. The molecule has 17 heavy (non-hydrogen) atoms. The van der Waals surface area contributed by atoms with Gasteiger partial charge >= 0.3 is 0 Å². The molecule has 0 amide bonds. The van der Waals surface area contributed by atoms with Gasteiger partial charge in [-0.2, -0.15) is 0 Å². The normalized spacial score (nSPS) is 12.4. The van der Waals surface area contributed by atoms with E-state index in [1.165, 1.54) is 0 Å². The molecule has 0 aromatic carbocycles. The number of nitrogens with zero attached hydrogens (tertiary/aromatic N) is 1. The highest BCUT2D eigenvalue weighted by molar-refractivity contribution is 5.25. The first kappa shape index (κ1) is 13.9. The van der Waals surface area contributed by atoms with Gasteiger partial charge in [-0.25, -0.2) is 0 Å². The summed E-state index contributed by atoms with van der Waals surface area (Å²) in [6, 6.07) is 1.82. The standard InChI is InChI=1S/C13H21NO3/c1-3-6-16-7-5-13(15)11-8-12(17-4-2)10-14-9-11/h8-10,13,15H,3-7H2,1-2H3. The van der Waals surface area contributed by atoms with Crippen LogP contribution in [0.2, 0.25) is 0 Å². The Bertz CT molecular complexity index is 317. The fraction of sp³-hybridized carbons (Fsp3) is 0.615. The number of ether oxygens (including phenoxy) is 2. The lowest BCUT2D eigenvalue weighted by Gasteiger charge is -2.12. The monoisotopic (exact) mass is 239 g/mol. The minimum absolute atomic E-state index is 0.542. The molecular weight excluding hydrogens is 218 g/mol. The van der Waals surface area contributed by atoms with Crippen LogP contribution >= 0.6 is 0 Å². The van der Waals surface area contributed by atoms with E-state index in [0.29, 0.717) is 25.4 Å². The molecule has 1 N–H and O–H groups in total. The minimum atomic E-state index is -0.542. The molecule has 1 unspecified atom stereocenters. The summed E-state index contributed by atoms with van der Waals surface area (Å²) in [7, 11) is 0. The van der Waals surface area contributed by atoms with Crippen molar-refractivity contribution in [2.24, 2.45) is 0 Å². The number of pyridine rings is 1. The predicted octanol–water partition coefficient (Wildman–Crippen LogP) is 2.33. The molecule has 0 spiro atoms. The molecule has 1 rings (SSSR count). The molecule has 0 aliphatic heterocycles. The fourth-order valence-corrected chi connectivity index (χ4v) is 1.47. The van der Waals surface area contributed by atoms with Crippen molar-refractivity contribution in [2.75, 3.05) is 19.8 Å². The van der Waals surface area contributed by atoms with Gasteiger partial charge in [0.1, 0.15) is 5.75 Å². The van der Waals surface area contributed by atoms with E-state index in [-0.39, 0.29) is 0 Å². The third-order valence-corrected chi connectivity index (χ3v) is 2.31. The van der Waals surface area contributed by atoms with Crippen LogP contribution in [0.3, 0.4) is 0 Å². The fourth-order valence-electron chi connectivity index (χ4n) is 1.47. The van der Waals surface area contributed by atoms with Crippen LogP contribution in [-0.2, 0) is 4.74 Å². The zero-order valence-corrected chi connectivity index (χ0v) is 10.6. The Labute approximate surface area is 103 Å². The van der Waals surface area contributed by atoms with Gasteiger partial charge in [0.2, 0.25) is 0 Å². The second kappa shape index (κ2) is 8.03. The molecule has 0 aliphatic carbocycles. The third-order valence-electron chi connectivity index (χ3n) is 2.31.